The Bertz CT molecular complexity index is 1180. The zero-order chi connectivity index (χ0) is 21.7. The van der Waals surface area contributed by atoms with E-state index in [9.17, 15) is 4.79 Å². The molecular weight excluding hydrogens is 392 g/mol. The first-order chi connectivity index (χ1) is 15.1. The summed E-state index contributed by atoms with van der Waals surface area (Å²) in [6, 6.07) is 10.3. The van der Waals surface area contributed by atoms with Crippen molar-refractivity contribution < 1.29 is 19.0 Å². The van der Waals surface area contributed by atoms with E-state index in [1.807, 2.05) is 4.90 Å². The molecule has 1 unspecified atom stereocenters. The maximum absolute atomic E-state index is 13.8. The Morgan fingerprint density at radius 1 is 1.00 bits per heavy atom. The van der Waals surface area contributed by atoms with Crippen molar-refractivity contribution in [3.63, 3.8) is 0 Å². The molecule has 162 valence electrons. The minimum Gasteiger partial charge on any atom is -0.493 e. The highest BCUT2D eigenvalue weighted by atomic mass is 16.5. The quantitative estimate of drug-likeness (QED) is 0.623. The largest absolute Gasteiger partial charge is 0.493 e. The zero-order valence-corrected chi connectivity index (χ0v) is 18.5. The van der Waals surface area contributed by atoms with Gasteiger partial charge in [0.2, 0.25) is 5.75 Å². The molecule has 1 atom stereocenters. The van der Waals surface area contributed by atoms with Crippen LogP contribution in [0, 0.1) is 6.92 Å². The molecule has 5 rings (SSSR count). The number of rotatable bonds is 4. The molecule has 0 saturated heterocycles. The third kappa shape index (κ3) is 2.88. The fourth-order valence-corrected chi connectivity index (χ4v) is 5.39. The van der Waals surface area contributed by atoms with Gasteiger partial charge in [0.05, 0.1) is 32.9 Å². The van der Waals surface area contributed by atoms with Crippen molar-refractivity contribution in [1.82, 2.24) is 9.47 Å². The number of carbonyl (C=O) groups excluding carboxylic acids is 1. The second-order valence-corrected chi connectivity index (χ2v) is 8.32. The van der Waals surface area contributed by atoms with Crippen LogP contribution < -0.4 is 14.2 Å². The van der Waals surface area contributed by atoms with Crippen LogP contribution >= 0.6 is 0 Å². The Labute approximate surface area is 182 Å². The van der Waals surface area contributed by atoms with E-state index in [-0.39, 0.29) is 11.9 Å². The third-order valence-electron chi connectivity index (χ3n) is 6.72. The van der Waals surface area contributed by atoms with Crippen molar-refractivity contribution in [2.75, 3.05) is 27.9 Å². The normalized spacial score (nSPS) is 17.4. The average molecular weight is 421 g/mol. The van der Waals surface area contributed by atoms with Gasteiger partial charge in [-0.05, 0) is 56.0 Å². The maximum atomic E-state index is 13.8. The van der Waals surface area contributed by atoms with Crippen molar-refractivity contribution >= 4 is 16.8 Å². The smallest absolute Gasteiger partial charge is 0.258 e. The number of fused-ring (bicyclic) bond motifs is 3. The molecule has 1 aromatic heterocycles. The van der Waals surface area contributed by atoms with E-state index in [1.165, 1.54) is 27.7 Å². The van der Waals surface area contributed by atoms with E-state index in [1.54, 1.807) is 33.5 Å². The highest BCUT2D eigenvalue weighted by Gasteiger charge is 2.38. The highest BCUT2D eigenvalue weighted by Crippen LogP contribution is 2.45. The van der Waals surface area contributed by atoms with E-state index in [0.717, 1.165) is 25.8 Å². The minimum atomic E-state index is -0.0247. The predicted octanol–water partition coefficient (Wildman–Crippen LogP) is 4.51. The summed E-state index contributed by atoms with van der Waals surface area (Å²) in [5.74, 6) is 1.39. The summed E-state index contributed by atoms with van der Waals surface area (Å²) >= 11 is 0. The van der Waals surface area contributed by atoms with Crippen molar-refractivity contribution in [1.29, 1.82) is 0 Å². The summed E-state index contributed by atoms with van der Waals surface area (Å²) < 4.78 is 18.9. The SMILES string of the molecule is COc1ccc(C(=O)N2CCn3c4c(c5cc(C)ccc53)CCCC42)c(OC)c1OC. The van der Waals surface area contributed by atoms with Gasteiger partial charge in [0, 0.05) is 29.7 Å². The van der Waals surface area contributed by atoms with E-state index < -0.39 is 0 Å². The van der Waals surface area contributed by atoms with Crippen molar-refractivity contribution in [3.8, 4) is 17.2 Å². The van der Waals surface area contributed by atoms with Crippen molar-refractivity contribution in [3.05, 3.63) is 52.7 Å². The first-order valence-electron chi connectivity index (χ1n) is 10.8. The fourth-order valence-electron chi connectivity index (χ4n) is 5.39. The average Bonchev–Trinajstić information content (AvgIpc) is 3.12. The molecular formula is C25H28N2O4. The summed E-state index contributed by atoms with van der Waals surface area (Å²) in [5.41, 5.74) is 5.79. The number of carbonyl (C=O) groups is 1. The molecule has 2 aliphatic rings. The van der Waals surface area contributed by atoms with Crippen LogP contribution in [0.5, 0.6) is 17.2 Å². The fraction of sp³-hybridized carbons (Fsp3) is 0.400. The Morgan fingerprint density at radius 2 is 1.81 bits per heavy atom. The van der Waals surface area contributed by atoms with Crippen LogP contribution in [0.1, 0.15) is 46.1 Å². The molecule has 0 bridgehead atoms. The van der Waals surface area contributed by atoms with E-state index in [4.69, 9.17) is 14.2 Å². The molecule has 2 aromatic carbocycles. The molecule has 6 nitrogen and oxygen atoms in total. The molecule has 1 amide bonds. The molecule has 6 heteroatoms. The van der Waals surface area contributed by atoms with Gasteiger partial charge >= 0.3 is 0 Å². The molecule has 0 fully saturated rings. The molecule has 3 aromatic rings. The number of aryl methyl sites for hydroxylation is 2. The molecule has 2 heterocycles. The van der Waals surface area contributed by atoms with Gasteiger partial charge in [-0.2, -0.15) is 0 Å². The van der Waals surface area contributed by atoms with Gasteiger partial charge < -0.3 is 23.7 Å². The van der Waals surface area contributed by atoms with Crippen LogP contribution in [0.15, 0.2) is 30.3 Å². The van der Waals surface area contributed by atoms with Gasteiger partial charge in [0.25, 0.3) is 5.91 Å². The number of nitrogens with zero attached hydrogens (tertiary/aromatic N) is 2. The molecule has 1 aliphatic carbocycles. The Morgan fingerprint density at radius 3 is 2.55 bits per heavy atom. The Hall–Kier alpha value is -3.15. The van der Waals surface area contributed by atoms with Crippen LogP contribution in [0.4, 0.5) is 0 Å². The summed E-state index contributed by atoms with van der Waals surface area (Å²) in [5, 5.41) is 1.35. The minimum absolute atomic E-state index is 0.0247. The van der Waals surface area contributed by atoms with E-state index in [0.29, 0.717) is 29.4 Å². The maximum Gasteiger partial charge on any atom is 0.258 e. The molecule has 0 radical (unpaired) electrons. The number of ether oxygens (including phenoxy) is 3. The summed E-state index contributed by atoms with van der Waals surface area (Å²) in [6.07, 6.45) is 3.13. The first kappa shape index (κ1) is 19.8. The monoisotopic (exact) mass is 420 g/mol. The van der Waals surface area contributed by atoms with Gasteiger partial charge in [-0.1, -0.05) is 11.6 Å². The lowest BCUT2D eigenvalue weighted by Crippen LogP contribution is -2.43. The lowest BCUT2D eigenvalue weighted by molar-refractivity contribution is 0.0597. The van der Waals surface area contributed by atoms with Crippen LogP contribution in [0.2, 0.25) is 0 Å². The number of benzene rings is 2. The molecule has 1 aliphatic heterocycles. The number of hydrogen-bond acceptors (Lipinski definition) is 4. The number of methoxy groups -OCH3 is 3. The number of aromatic nitrogens is 1. The van der Waals surface area contributed by atoms with Gasteiger partial charge in [0.1, 0.15) is 0 Å². The first-order valence-corrected chi connectivity index (χ1v) is 10.8. The summed E-state index contributed by atoms with van der Waals surface area (Å²) in [4.78, 5) is 15.8. The molecule has 31 heavy (non-hydrogen) atoms. The van der Waals surface area contributed by atoms with E-state index in [2.05, 4.69) is 29.7 Å². The Kier molecular flexibility index (Phi) is 4.80. The van der Waals surface area contributed by atoms with Crippen LogP contribution in [-0.2, 0) is 13.0 Å². The van der Waals surface area contributed by atoms with Crippen LogP contribution in [-0.4, -0.2) is 43.2 Å². The van der Waals surface area contributed by atoms with E-state index >= 15 is 0 Å². The summed E-state index contributed by atoms with van der Waals surface area (Å²) in [7, 11) is 4.69. The molecule has 0 N–H and O–H groups in total. The highest BCUT2D eigenvalue weighted by molar-refractivity contribution is 5.99. The lowest BCUT2D eigenvalue weighted by Gasteiger charge is -2.40. The van der Waals surface area contributed by atoms with Crippen LogP contribution in [0.25, 0.3) is 10.9 Å². The zero-order valence-electron chi connectivity index (χ0n) is 18.5. The van der Waals surface area contributed by atoms with Gasteiger partial charge in [-0.25, -0.2) is 0 Å². The second kappa shape index (κ2) is 7.52. The summed E-state index contributed by atoms with van der Waals surface area (Å²) in [6.45, 7) is 3.61. The van der Waals surface area contributed by atoms with Crippen molar-refractivity contribution in [2.45, 2.75) is 38.8 Å². The Balaban J connectivity index is 1.60. The number of amides is 1. The number of hydrogen-bond donors (Lipinski definition) is 0. The third-order valence-corrected chi connectivity index (χ3v) is 6.72. The van der Waals surface area contributed by atoms with Crippen LogP contribution in [0.3, 0.4) is 0 Å². The second-order valence-electron chi connectivity index (χ2n) is 8.32. The molecule has 0 spiro atoms. The topological polar surface area (TPSA) is 52.9 Å². The van der Waals surface area contributed by atoms with Crippen molar-refractivity contribution in [2.24, 2.45) is 0 Å². The predicted molar refractivity (Wildman–Crippen MR) is 119 cm³/mol. The lowest BCUT2D eigenvalue weighted by atomic mass is 9.89. The van der Waals surface area contributed by atoms with Gasteiger partial charge in [-0.3, -0.25) is 4.79 Å². The van der Waals surface area contributed by atoms with Gasteiger partial charge in [0.15, 0.2) is 11.5 Å². The molecule has 0 saturated carbocycles. The van der Waals surface area contributed by atoms with Gasteiger partial charge in [-0.15, -0.1) is 0 Å². The standard InChI is InChI=1S/C25H28N2O4/c1-15-8-10-19-18(14-15)16-6-5-7-20-22(16)26(19)12-13-27(20)25(28)17-9-11-21(29-2)24(31-4)23(17)30-3/h8-11,14,20H,5-7,12-13H2,1-4H3.